The van der Waals surface area contributed by atoms with Crippen molar-refractivity contribution in [2.45, 2.75) is 32.6 Å². The Balaban J connectivity index is 2.73. The lowest BCUT2D eigenvalue weighted by Gasteiger charge is -2.09. The summed E-state index contributed by atoms with van der Waals surface area (Å²) >= 11 is 0. The number of halogens is 1. The third-order valence-electron chi connectivity index (χ3n) is 2.35. The third kappa shape index (κ3) is 2.66. The lowest BCUT2D eigenvalue weighted by atomic mass is 9.94. The standard InChI is InChI=1S/C12H15FO/c1-3-4-12(14)9(2)10-5-7-11(13)8-6-10/h5-9H,3-4H2,1-2H3/t9-/m0/s1. The molecule has 0 fully saturated rings. The summed E-state index contributed by atoms with van der Waals surface area (Å²) in [5.41, 5.74) is 0.893. The molecule has 1 rings (SSSR count). The number of hydrogen-bond donors (Lipinski definition) is 0. The molecule has 0 aliphatic heterocycles. The van der Waals surface area contributed by atoms with E-state index >= 15 is 0 Å². The second-order valence-corrected chi connectivity index (χ2v) is 3.49. The molecule has 0 heterocycles. The molecule has 0 saturated heterocycles. The SMILES string of the molecule is CCCC(=O)[C@@H](C)c1ccc(F)cc1. The van der Waals surface area contributed by atoms with Gasteiger partial charge in [0, 0.05) is 12.3 Å². The van der Waals surface area contributed by atoms with Crippen LogP contribution in [0.3, 0.4) is 0 Å². The summed E-state index contributed by atoms with van der Waals surface area (Å²) in [7, 11) is 0. The Morgan fingerprint density at radius 3 is 2.43 bits per heavy atom. The molecular formula is C12H15FO. The van der Waals surface area contributed by atoms with Crippen LogP contribution in [0, 0.1) is 5.82 Å². The van der Waals surface area contributed by atoms with Gasteiger partial charge in [-0.25, -0.2) is 4.39 Å². The second kappa shape index (κ2) is 4.89. The highest BCUT2D eigenvalue weighted by Crippen LogP contribution is 2.18. The predicted octanol–water partition coefficient (Wildman–Crippen LogP) is 3.30. The second-order valence-electron chi connectivity index (χ2n) is 3.49. The summed E-state index contributed by atoms with van der Waals surface area (Å²) in [6, 6.07) is 6.14. The summed E-state index contributed by atoms with van der Waals surface area (Å²) < 4.78 is 12.6. The van der Waals surface area contributed by atoms with Gasteiger partial charge in [-0.05, 0) is 24.1 Å². The lowest BCUT2D eigenvalue weighted by molar-refractivity contribution is -0.120. The molecule has 0 aliphatic rings. The van der Waals surface area contributed by atoms with Crippen molar-refractivity contribution in [3.63, 3.8) is 0 Å². The zero-order valence-corrected chi connectivity index (χ0v) is 8.59. The van der Waals surface area contributed by atoms with Crippen molar-refractivity contribution in [3.05, 3.63) is 35.6 Å². The van der Waals surface area contributed by atoms with Crippen LogP contribution in [0.4, 0.5) is 4.39 Å². The van der Waals surface area contributed by atoms with Gasteiger partial charge in [-0.15, -0.1) is 0 Å². The van der Waals surface area contributed by atoms with Crippen molar-refractivity contribution >= 4 is 5.78 Å². The van der Waals surface area contributed by atoms with Crippen LogP contribution in [-0.4, -0.2) is 5.78 Å². The molecule has 0 spiro atoms. The van der Waals surface area contributed by atoms with Gasteiger partial charge < -0.3 is 0 Å². The topological polar surface area (TPSA) is 17.1 Å². The van der Waals surface area contributed by atoms with Crippen LogP contribution in [0.1, 0.15) is 38.2 Å². The minimum atomic E-state index is -0.260. The van der Waals surface area contributed by atoms with Gasteiger partial charge in [-0.3, -0.25) is 4.79 Å². The average molecular weight is 194 g/mol. The largest absolute Gasteiger partial charge is 0.299 e. The van der Waals surface area contributed by atoms with E-state index in [0.29, 0.717) is 6.42 Å². The highest BCUT2D eigenvalue weighted by Gasteiger charge is 2.13. The Labute approximate surface area is 83.9 Å². The third-order valence-corrected chi connectivity index (χ3v) is 2.35. The monoisotopic (exact) mass is 194 g/mol. The number of carbonyl (C=O) groups is 1. The van der Waals surface area contributed by atoms with E-state index in [4.69, 9.17) is 0 Å². The molecule has 0 unspecified atom stereocenters. The molecule has 1 aromatic carbocycles. The summed E-state index contributed by atoms with van der Waals surface area (Å²) in [6.07, 6.45) is 1.46. The highest BCUT2D eigenvalue weighted by molar-refractivity contribution is 5.85. The Kier molecular flexibility index (Phi) is 3.81. The van der Waals surface area contributed by atoms with E-state index < -0.39 is 0 Å². The normalized spacial score (nSPS) is 12.5. The van der Waals surface area contributed by atoms with Crippen molar-refractivity contribution in [3.8, 4) is 0 Å². The fourth-order valence-electron chi connectivity index (χ4n) is 1.40. The van der Waals surface area contributed by atoms with Gasteiger partial charge in [0.25, 0.3) is 0 Å². The van der Waals surface area contributed by atoms with Gasteiger partial charge in [0.15, 0.2) is 0 Å². The molecule has 1 aromatic rings. The van der Waals surface area contributed by atoms with Crippen molar-refractivity contribution in [1.29, 1.82) is 0 Å². The maximum Gasteiger partial charge on any atom is 0.140 e. The zero-order chi connectivity index (χ0) is 10.6. The molecular weight excluding hydrogens is 179 g/mol. The molecule has 0 bridgehead atoms. The number of hydrogen-bond acceptors (Lipinski definition) is 1. The fourth-order valence-corrected chi connectivity index (χ4v) is 1.40. The molecule has 0 aliphatic carbocycles. The molecule has 0 saturated carbocycles. The van der Waals surface area contributed by atoms with Gasteiger partial charge in [-0.2, -0.15) is 0 Å². The molecule has 1 atom stereocenters. The Hall–Kier alpha value is -1.18. The van der Waals surface area contributed by atoms with Crippen molar-refractivity contribution in [2.75, 3.05) is 0 Å². The maximum absolute atomic E-state index is 12.6. The first kappa shape index (κ1) is 10.9. The smallest absolute Gasteiger partial charge is 0.140 e. The van der Waals surface area contributed by atoms with E-state index in [1.165, 1.54) is 12.1 Å². The van der Waals surface area contributed by atoms with Crippen LogP contribution in [0.25, 0.3) is 0 Å². The van der Waals surface area contributed by atoms with Gasteiger partial charge >= 0.3 is 0 Å². The van der Waals surface area contributed by atoms with Crippen LogP contribution >= 0.6 is 0 Å². The van der Waals surface area contributed by atoms with Gasteiger partial charge in [-0.1, -0.05) is 26.0 Å². The first-order valence-corrected chi connectivity index (χ1v) is 4.93. The summed E-state index contributed by atoms with van der Waals surface area (Å²) in [5, 5.41) is 0. The molecule has 14 heavy (non-hydrogen) atoms. The van der Waals surface area contributed by atoms with Crippen LogP contribution in [-0.2, 0) is 4.79 Å². The molecule has 0 aromatic heterocycles. The van der Waals surface area contributed by atoms with E-state index in [0.717, 1.165) is 12.0 Å². The molecule has 0 N–H and O–H groups in total. The zero-order valence-electron chi connectivity index (χ0n) is 8.59. The van der Waals surface area contributed by atoms with E-state index in [9.17, 15) is 9.18 Å². The van der Waals surface area contributed by atoms with Gasteiger partial charge in [0.2, 0.25) is 0 Å². The molecule has 0 radical (unpaired) electrons. The van der Waals surface area contributed by atoms with Gasteiger partial charge in [0.05, 0.1) is 0 Å². The number of ketones is 1. The van der Waals surface area contributed by atoms with Crippen LogP contribution < -0.4 is 0 Å². The quantitative estimate of drug-likeness (QED) is 0.718. The summed E-state index contributed by atoms with van der Waals surface area (Å²) in [4.78, 5) is 11.5. The van der Waals surface area contributed by atoms with E-state index in [1.807, 2.05) is 13.8 Å². The number of benzene rings is 1. The highest BCUT2D eigenvalue weighted by atomic mass is 19.1. The van der Waals surface area contributed by atoms with E-state index in [-0.39, 0.29) is 17.5 Å². The van der Waals surface area contributed by atoms with E-state index in [2.05, 4.69) is 0 Å². The Morgan fingerprint density at radius 1 is 1.36 bits per heavy atom. The van der Waals surface area contributed by atoms with Crippen LogP contribution in [0.15, 0.2) is 24.3 Å². The summed E-state index contributed by atoms with van der Waals surface area (Å²) in [5.74, 6) is -0.154. The minimum Gasteiger partial charge on any atom is -0.299 e. The number of Topliss-reactive ketones (excluding diaryl/α,β-unsaturated/α-hetero) is 1. The first-order chi connectivity index (χ1) is 6.65. The summed E-state index contributed by atoms with van der Waals surface area (Å²) in [6.45, 7) is 3.85. The Bertz CT molecular complexity index is 303. The number of rotatable bonds is 4. The minimum absolute atomic E-state index is 0.115. The molecule has 2 heteroatoms. The van der Waals surface area contributed by atoms with Crippen molar-refractivity contribution in [1.82, 2.24) is 0 Å². The Morgan fingerprint density at radius 2 is 1.93 bits per heavy atom. The first-order valence-electron chi connectivity index (χ1n) is 4.93. The molecule has 1 nitrogen and oxygen atoms in total. The van der Waals surface area contributed by atoms with Crippen molar-refractivity contribution in [2.24, 2.45) is 0 Å². The molecule has 76 valence electrons. The van der Waals surface area contributed by atoms with Crippen LogP contribution in [0.2, 0.25) is 0 Å². The fraction of sp³-hybridized carbons (Fsp3) is 0.417. The van der Waals surface area contributed by atoms with Gasteiger partial charge in [0.1, 0.15) is 11.6 Å². The predicted molar refractivity (Wildman–Crippen MR) is 54.7 cm³/mol. The van der Waals surface area contributed by atoms with E-state index in [1.54, 1.807) is 12.1 Å². The van der Waals surface area contributed by atoms with Crippen molar-refractivity contribution < 1.29 is 9.18 Å². The maximum atomic E-state index is 12.6. The molecule has 0 amide bonds. The lowest BCUT2D eigenvalue weighted by Crippen LogP contribution is -2.08. The number of carbonyl (C=O) groups excluding carboxylic acids is 1. The average Bonchev–Trinajstić information content (AvgIpc) is 2.18. The van der Waals surface area contributed by atoms with Crippen LogP contribution in [0.5, 0.6) is 0 Å².